The first-order chi connectivity index (χ1) is 50.6. The second-order valence-electron chi connectivity index (χ2n) is 29.7. The molecule has 0 aliphatic heterocycles. The van der Waals surface area contributed by atoms with Crippen molar-refractivity contribution in [3.8, 4) is 0 Å². The number of aliphatic carboxylic acids is 1. The summed E-state index contributed by atoms with van der Waals surface area (Å²) in [6.45, 7) is 4.64. The molecule has 0 aromatic rings. The molecule has 2 atom stereocenters. The van der Waals surface area contributed by atoms with E-state index in [0.717, 1.165) is 122 Å². The number of nitrogens with zero attached hydrogens (tertiary/aromatic N) is 1. The summed E-state index contributed by atoms with van der Waals surface area (Å²) >= 11 is 0. The fraction of sp³-hybridized carbons (Fsp3) is 0.713. The molecule has 0 rings (SSSR count). The fourth-order valence-corrected chi connectivity index (χ4v) is 12.1. The van der Waals surface area contributed by atoms with Crippen molar-refractivity contribution in [2.75, 3.05) is 47.5 Å². The van der Waals surface area contributed by atoms with Crippen molar-refractivity contribution < 1.29 is 42.9 Å². The maximum absolute atomic E-state index is 13.0. The third-order valence-corrected chi connectivity index (χ3v) is 18.6. The molecule has 0 fully saturated rings. The predicted octanol–water partition coefficient (Wildman–Crippen LogP) is 26.8. The van der Waals surface area contributed by atoms with E-state index in [-0.39, 0.29) is 38.6 Å². The van der Waals surface area contributed by atoms with Gasteiger partial charge in [-0.25, -0.2) is 0 Å². The van der Waals surface area contributed by atoms with E-state index >= 15 is 0 Å². The molecule has 0 saturated carbocycles. The molecule has 0 amide bonds. The van der Waals surface area contributed by atoms with E-state index in [1.54, 1.807) is 0 Å². The van der Waals surface area contributed by atoms with Crippen LogP contribution in [0.3, 0.4) is 0 Å². The molecule has 0 aliphatic rings. The van der Waals surface area contributed by atoms with Gasteiger partial charge in [0.2, 0.25) is 0 Å². The molecule has 103 heavy (non-hydrogen) atoms. The molecule has 0 saturated heterocycles. The van der Waals surface area contributed by atoms with Crippen LogP contribution in [0.5, 0.6) is 0 Å². The van der Waals surface area contributed by atoms with E-state index < -0.39 is 24.3 Å². The summed E-state index contributed by atoms with van der Waals surface area (Å²) in [6.07, 6.45) is 119. The highest BCUT2D eigenvalue weighted by Crippen LogP contribution is 2.19. The average Bonchev–Trinajstić information content (AvgIpc) is 0.985. The first-order valence-corrected chi connectivity index (χ1v) is 43.0. The number of rotatable bonds is 79. The number of allylic oxidation sites excluding steroid dienone is 24. The van der Waals surface area contributed by atoms with Crippen molar-refractivity contribution in [3.05, 3.63) is 146 Å². The van der Waals surface area contributed by atoms with Gasteiger partial charge in [-0.1, -0.05) is 384 Å². The summed E-state index contributed by atoms with van der Waals surface area (Å²) in [5.41, 5.74) is 0. The Kier molecular flexibility index (Phi) is 78.9. The normalized spacial score (nSPS) is 13.4. The lowest BCUT2D eigenvalue weighted by atomic mass is 10.0. The largest absolute Gasteiger partial charge is 0.545 e. The van der Waals surface area contributed by atoms with Gasteiger partial charge in [0.15, 0.2) is 12.4 Å². The molecule has 0 N–H and O–H groups in total. The second-order valence-corrected chi connectivity index (χ2v) is 29.7. The van der Waals surface area contributed by atoms with Crippen LogP contribution in [0.15, 0.2) is 146 Å². The minimum Gasteiger partial charge on any atom is -0.545 e. The number of likely N-dealkylation sites (N-methyl/N-ethyl adjacent to an activating group) is 1. The van der Waals surface area contributed by atoms with Crippen LogP contribution < -0.4 is 5.11 Å². The van der Waals surface area contributed by atoms with Gasteiger partial charge in [-0.3, -0.25) is 9.59 Å². The Bertz CT molecular complexity index is 2220. The number of ether oxygens (including phenoxy) is 4. The highest BCUT2D eigenvalue weighted by molar-refractivity contribution is 5.70. The van der Waals surface area contributed by atoms with Gasteiger partial charge in [0, 0.05) is 12.8 Å². The zero-order valence-corrected chi connectivity index (χ0v) is 67.7. The quantitative estimate of drug-likeness (QED) is 0.0195. The highest BCUT2D eigenvalue weighted by atomic mass is 16.7. The van der Waals surface area contributed by atoms with Crippen molar-refractivity contribution in [2.24, 2.45) is 0 Å². The summed E-state index contributed by atoms with van der Waals surface area (Å²) in [6, 6.07) is 0. The minimum atomic E-state index is -1.64. The summed E-state index contributed by atoms with van der Waals surface area (Å²) in [7, 11) is 5.93. The molecular formula is C94H161NO8. The standard InChI is InChI=1S/C94H161NO8/c1-6-8-10-12-14-16-18-20-22-24-26-28-30-32-34-36-38-40-42-44-46-48-50-52-54-56-58-60-62-64-66-68-70-72-74-76-78-80-82-84-91(96)101-88-90(89-102-94(93(98)99)100-87-86-95(3,4)5)103-92(97)85-83-81-79-77-75-73-71-69-67-65-63-61-59-57-55-53-51-49-47-45-43-41-39-37-35-33-31-29-27-25-23-21-19-17-15-13-11-9-7-2/h9,11,15,17,21,23-24,26-27,29,33,35,39,41,45,47,51,53,57,59,63,65,69,71,90,94H,6-8,10,12-14,16,18-20,22,25,28,30-32,34,36-38,40,42-44,46,48-50,52,54-56,58,60-62,64,66-68,70,72-89H2,1-5H3/b11-9-,17-15-,23-21-,26-24-,29-27-,35-33-,41-39-,47-45-,53-51-,59-57-,65-63-,71-69-. The van der Waals surface area contributed by atoms with Crippen LogP contribution in [0.2, 0.25) is 0 Å². The molecule has 0 aromatic heterocycles. The lowest BCUT2D eigenvalue weighted by Gasteiger charge is -2.26. The van der Waals surface area contributed by atoms with Gasteiger partial charge >= 0.3 is 11.9 Å². The van der Waals surface area contributed by atoms with Gasteiger partial charge in [-0.05, 0) is 122 Å². The van der Waals surface area contributed by atoms with Crippen LogP contribution in [0.4, 0.5) is 0 Å². The van der Waals surface area contributed by atoms with Crippen LogP contribution in [0, 0.1) is 0 Å². The Morgan fingerprint density at radius 2 is 0.553 bits per heavy atom. The fourth-order valence-electron chi connectivity index (χ4n) is 12.1. The molecule has 9 heteroatoms. The number of quaternary nitrogens is 1. The van der Waals surface area contributed by atoms with Gasteiger partial charge in [-0.2, -0.15) is 0 Å². The van der Waals surface area contributed by atoms with Crippen LogP contribution >= 0.6 is 0 Å². The number of hydrogen-bond acceptors (Lipinski definition) is 8. The smallest absolute Gasteiger partial charge is 0.306 e. The molecule has 9 nitrogen and oxygen atoms in total. The van der Waals surface area contributed by atoms with Gasteiger partial charge < -0.3 is 33.3 Å². The first kappa shape index (κ1) is 98.2. The number of unbranched alkanes of at least 4 members (excludes halogenated alkanes) is 40. The summed E-state index contributed by atoms with van der Waals surface area (Å²) in [4.78, 5) is 37.6. The lowest BCUT2D eigenvalue weighted by molar-refractivity contribution is -0.870. The number of carboxylic acids is 1. The van der Waals surface area contributed by atoms with E-state index in [4.69, 9.17) is 18.9 Å². The van der Waals surface area contributed by atoms with Crippen molar-refractivity contribution in [2.45, 2.75) is 386 Å². The minimum absolute atomic E-state index is 0.138. The molecule has 590 valence electrons. The van der Waals surface area contributed by atoms with E-state index in [0.29, 0.717) is 17.4 Å². The monoisotopic (exact) mass is 1430 g/mol. The third-order valence-electron chi connectivity index (χ3n) is 18.6. The molecular weight excluding hydrogens is 1270 g/mol. The molecule has 0 aromatic carbocycles. The van der Waals surface area contributed by atoms with Gasteiger partial charge in [0.1, 0.15) is 13.2 Å². The number of hydrogen-bond donors (Lipinski definition) is 0. The molecule has 0 heterocycles. The molecule has 0 bridgehead atoms. The Morgan fingerprint density at radius 3 is 0.835 bits per heavy atom. The van der Waals surface area contributed by atoms with Crippen LogP contribution in [0.25, 0.3) is 0 Å². The number of esters is 2. The summed E-state index contributed by atoms with van der Waals surface area (Å²) in [5.74, 6) is -2.30. The van der Waals surface area contributed by atoms with Crippen molar-refractivity contribution >= 4 is 17.9 Å². The topological polar surface area (TPSA) is 111 Å². The van der Waals surface area contributed by atoms with E-state index in [1.165, 1.54) is 218 Å². The highest BCUT2D eigenvalue weighted by Gasteiger charge is 2.22. The summed E-state index contributed by atoms with van der Waals surface area (Å²) in [5, 5.41) is 11.9. The Morgan fingerprint density at radius 1 is 0.301 bits per heavy atom. The SMILES string of the molecule is CC/C=C\C/C=C\C/C=C\C/C=C\C/C=C\C/C=C\C/C=C\C/C=C\C/C=C\C/C=C\C/C=C\CCCCCCCC(=O)OC(COC(=O)CCCCCCCCCCCCCCCCCCCCCCCCCCCCC/C=C\CCCCCCCCCC)COC(OCC[N+](C)(C)C)C(=O)[O-]. The maximum Gasteiger partial charge on any atom is 0.306 e. The molecule has 0 aliphatic carbocycles. The van der Waals surface area contributed by atoms with Crippen molar-refractivity contribution in [1.29, 1.82) is 0 Å². The van der Waals surface area contributed by atoms with Crippen molar-refractivity contribution in [3.63, 3.8) is 0 Å². The van der Waals surface area contributed by atoms with Gasteiger partial charge in [0.25, 0.3) is 0 Å². The lowest BCUT2D eigenvalue weighted by Crippen LogP contribution is -2.44. The zero-order valence-electron chi connectivity index (χ0n) is 67.7. The summed E-state index contributed by atoms with van der Waals surface area (Å²) < 4.78 is 22.9. The average molecular weight is 1430 g/mol. The Labute approximate surface area is 636 Å². The van der Waals surface area contributed by atoms with Crippen molar-refractivity contribution in [1.82, 2.24) is 0 Å². The van der Waals surface area contributed by atoms with E-state index in [9.17, 15) is 19.5 Å². The second kappa shape index (κ2) is 82.8. The molecule has 0 radical (unpaired) electrons. The van der Waals surface area contributed by atoms with Crippen LogP contribution in [-0.2, 0) is 33.3 Å². The number of carboxylic acid groups (broad SMARTS) is 1. The predicted molar refractivity (Wildman–Crippen MR) is 444 cm³/mol. The Hall–Kier alpha value is -4.83. The molecule has 0 spiro atoms. The third kappa shape index (κ3) is 84.3. The number of carbonyl (C=O) groups excluding carboxylic acids is 3. The van der Waals surface area contributed by atoms with Gasteiger partial charge in [0.05, 0.1) is 40.3 Å². The Balaban J connectivity index is 4.06. The van der Waals surface area contributed by atoms with E-state index in [2.05, 4.69) is 160 Å². The maximum atomic E-state index is 13.0. The van der Waals surface area contributed by atoms with E-state index in [1.807, 2.05) is 21.1 Å². The molecule has 2 unspecified atom stereocenters. The van der Waals surface area contributed by atoms with Gasteiger partial charge in [-0.15, -0.1) is 0 Å². The zero-order chi connectivity index (χ0) is 74.6. The van der Waals surface area contributed by atoms with Crippen LogP contribution in [-0.4, -0.2) is 82.3 Å². The van der Waals surface area contributed by atoms with Crippen LogP contribution in [0.1, 0.15) is 373 Å². The first-order valence-electron chi connectivity index (χ1n) is 43.0. The number of carbonyl (C=O) groups is 3.